The second-order valence-corrected chi connectivity index (χ2v) is 4.75. The van der Waals surface area contributed by atoms with Crippen molar-refractivity contribution in [1.82, 2.24) is 15.1 Å². The van der Waals surface area contributed by atoms with Crippen molar-refractivity contribution in [2.24, 2.45) is 7.05 Å². The Morgan fingerprint density at radius 1 is 1.59 bits per heavy atom. The molecule has 5 heteroatoms. The molecule has 0 saturated heterocycles. The van der Waals surface area contributed by atoms with Gasteiger partial charge in [-0.25, -0.2) is 0 Å². The maximum absolute atomic E-state index is 5.52. The molecule has 2 aromatic heterocycles. The van der Waals surface area contributed by atoms with Crippen molar-refractivity contribution < 1.29 is 4.42 Å². The van der Waals surface area contributed by atoms with Crippen molar-refractivity contribution in [2.75, 3.05) is 7.05 Å². The minimum atomic E-state index is 0.0113. The van der Waals surface area contributed by atoms with Crippen LogP contribution in [0.1, 0.15) is 30.1 Å². The molecule has 0 saturated carbocycles. The summed E-state index contributed by atoms with van der Waals surface area (Å²) in [5, 5.41) is 7.71. The second-order valence-electron chi connectivity index (χ2n) is 3.89. The van der Waals surface area contributed by atoms with Gasteiger partial charge in [0.2, 0.25) is 0 Å². The van der Waals surface area contributed by atoms with E-state index in [1.165, 1.54) is 0 Å². The Hall–Kier alpha value is -1.07. The smallest absolute Gasteiger partial charge is 0.140 e. The first-order valence-corrected chi connectivity index (χ1v) is 6.39. The van der Waals surface area contributed by atoms with Gasteiger partial charge in [-0.15, -0.1) is 0 Å². The molecular formula is C12H16BrN3O. The number of nitrogens with zero attached hydrogens (tertiary/aromatic N) is 2. The Morgan fingerprint density at radius 2 is 2.35 bits per heavy atom. The molecule has 2 heterocycles. The lowest BCUT2D eigenvalue weighted by molar-refractivity contribution is 0.447. The zero-order valence-electron chi connectivity index (χ0n) is 10.2. The molecule has 0 aromatic carbocycles. The molecule has 0 bridgehead atoms. The fraction of sp³-hybridized carbons (Fsp3) is 0.417. The van der Waals surface area contributed by atoms with Gasteiger partial charge in [0.25, 0.3) is 0 Å². The average Bonchev–Trinajstić information content (AvgIpc) is 2.88. The summed E-state index contributed by atoms with van der Waals surface area (Å²) in [4.78, 5) is 0. The summed E-state index contributed by atoms with van der Waals surface area (Å²) >= 11 is 3.49. The molecule has 0 amide bonds. The van der Waals surface area contributed by atoms with E-state index >= 15 is 0 Å². The van der Waals surface area contributed by atoms with Crippen LogP contribution in [-0.2, 0) is 13.5 Å². The number of aryl methyl sites for hydroxylation is 2. The molecule has 1 N–H and O–H groups in total. The van der Waals surface area contributed by atoms with Gasteiger partial charge < -0.3 is 9.73 Å². The van der Waals surface area contributed by atoms with E-state index in [-0.39, 0.29) is 6.04 Å². The van der Waals surface area contributed by atoms with E-state index in [0.717, 1.165) is 28.0 Å². The summed E-state index contributed by atoms with van der Waals surface area (Å²) in [6.45, 7) is 2.10. The number of halogens is 1. The summed E-state index contributed by atoms with van der Waals surface area (Å²) < 4.78 is 8.39. The zero-order valence-corrected chi connectivity index (χ0v) is 11.8. The Morgan fingerprint density at radius 3 is 2.82 bits per heavy atom. The molecule has 4 nitrogen and oxygen atoms in total. The molecule has 0 aliphatic heterocycles. The van der Waals surface area contributed by atoms with Crippen LogP contribution in [0.3, 0.4) is 0 Å². The number of hydrogen-bond donors (Lipinski definition) is 1. The van der Waals surface area contributed by atoms with Crippen molar-refractivity contribution in [3.63, 3.8) is 0 Å². The summed E-state index contributed by atoms with van der Waals surface area (Å²) in [5.41, 5.74) is 2.19. The number of hydrogen-bond acceptors (Lipinski definition) is 3. The summed E-state index contributed by atoms with van der Waals surface area (Å²) in [6, 6.07) is 4.02. The molecular weight excluding hydrogens is 282 g/mol. The van der Waals surface area contributed by atoms with Crippen LogP contribution in [0.15, 0.2) is 27.3 Å². The van der Waals surface area contributed by atoms with Gasteiger partial charge in [0.05, 0.1) is 22.1 Å². The molecule has 2 rings (SSSR count). The molecule has 92 valence electrons. The fourth-order valence-electron chi connectivity index (χ4n) is 1.91. The molecule has 0 fully saturated rings. The first-order valence-electron chi connectivity index (χ1n) is 5.60. The average molecular weight is 298 g/mol. The lowest BCUT2D eigenvalue weighted by Crippen LogP contribution is -2.20. The van der Waals surface area contributed by atoms with Crippen LogP contribution < -0.4 is 5.32 Å². The monoisotopic (exact) mass is 297 g/mol. The molecule has 0 aliphatic carbocycles. The topological polar surface area (TPSA) is 43.0 Å². The van der Waals surface area contributed by atoms with Gasteiger partial charge in [0.1, 0.15) is 11.8 Å². The third kappa shape index (κ3) is 2.30. The lowest BCUT2D eigenvalue weighted by Gasteiger charge is -2.14. The molecule has 0 spiro atoms. The minimum Gasteiger partial charge on any atom is -0.466 e. The molecule has 0 aliphatic rings. The largest absolute Gasteiger partial charge is 0.466 e. The summed E-state index contributed by atoms with van der Waals surface area (Å²) in [7, 11) is 3.87. The van der Waals surface area contributed by atoms with Crippen LogP contribution in [0.25, 0.3) is 0 Å². The van der Waals surface area contributed by atoms with E-state index in [9.17, 15) is 0 Å². The van der Waals surface area contributed by atoms with E-state index in [4.69, 9.17) is 4.42 Å². The van der Waals surface area contributed by atoms with Gasteiger partial charge >= 0.3 is 0 Å². The lowest BCUT2D eigenvalue weighted by atomic mass is 10.1. The van der Waals surface area contributed by atoms with E-state index < -0.39 is 0 Å². The van der Waals surface area contributed by atoms with Crippen molar-refractivity contribution in [2.45, 2.75) is 19.4 Å². The predicted octanol–water partition coefficient (Wildman–Crippen LogP) is 2.65. The van der Waals surface area contributed by atoms with Gasteiger partial charge in [-0.2, -0.15) is 5.10 Å². The van der Waals surface area contributed by atoms with E-state index in [0.29, 0.717) is 0 Å². The quantitative estimate of drug-likeness (QED) is 0.943. The van der Waals surface area contributed by atoms with Crippen LogP contribution >= 0.6 is 15.9 Å². The maximum Gasteiger partial charge on any atom is 0.140 e. The number of aromatic nitrogens is 2. The highest BCUT2D eigenvalue weighted by Gasteiger charge is 2.21. The molecule has 1 atom stereocenters. The minimum absolute atomic E-state index is 0.0113. The normalized spacial score (nSPS) is 12.9. The SMILES string of the molecule is CCc1cc(C(NC)c2occc2Br)n(C)n1. The molecule has 0 radical (unpaired) electrons. The van der Waals surface area contributed by atoms with Crippen LogP contribution in [0, 0.1) is 0 Å². The van der Waals surface area contributed by atoms with Crippen molar-refractivity contribution >= 4 is 15.9 Å². The number of nitrogens with one attached hydrogen (secondary N) is 1. The number of rotatable bonds is 4. The van der Waals surface area contributed by atoms with Crippen LogP contribution in [-0.4, -0.2) is 16.8 Å². The van der Waals surface area contributed by atoms with Crippen molar-refractivity contribution in [3.8, 4) is 0 Å². The fourth-order valence-corrected chi connectivity index (χ4v) is 2.34. The summed E-state index contributed by atoms with van der Waals surface area (Å²) in [6.07, 6.45) is 2.62. The van der Waals surface area contributed by atoms with Gasteiger partial charge in [-0.05, 0) is 41.5 Å². The zero-order chi connectivity index (χ0) is 12.4. The molecule has 1 unspecified atom stereocenters. The van der Waals surface area contributed by atoms with Crippen molar-refractivity contribution in [1.29, 1.82) is 0 Å². The standard InChI is InChI=1S/C12H16BrN3O/c1-4-8-7-10(16(3)15-8)11(14-2)12-9(13)5-6-17-12/h5-7,11,14H,4H2,1-3H3. The Labute approximate surface area is 109 Å². The summed E-state index contributed by atoms with van der Waals surface area (Å²) in [5.74, 6) is 0.873. The Kier molecular flexibility index (Phi) is 3.69. The first-order chi connectivity index (χ1) is 8.17. The first kappa shape index (κ1) is 12.4. The third-order valence-electron chi connectivity index (χ3n) is 2.82. The number of furan rings is 1. The van der Waals surface area contributed by atoms with E-state index in [1.54, 1.807) is 6.26 Å². The molecule has 2 aromatic rings. The van der Waals surface area contributed by atoms with Crippen LogP contribution in [0.5, 0.6) is 0 Å². The van der Waals surface area contributed by atoms with Gasteiger partial charge in [-0.1, -0.05) is 6.92 Å². The second kappa shape index (κ2) is 5.06. The highest BCUT2D eigenvalue weighted by atomic mass is 79.9. The van der Waals surface area contributed by atoms with Gasteiger partial charge in [-0.3, -0.25) is 4.68 Å². The highest BCUT2D eigenvalue weighted by molar-refractivity contribution is 9.10. The van der Waals surface area contributed by atoms with Crippen LogP contribution in [0.2, 0.25) is 0 Å². The van der Waals surface area contributed by atoms with E-state index in [1.807, 2.05) is 24.8 Å². The van der Waals surface area contributed by atoms with Crippen molar-refractivity contribution in [3.05, 3.63) is 40.0 Å². The predicted molar refractivity (Wildman–Crippen MR) is 69.9 cm³/mol. The third-order valence-corrected chi connectivity index (χ3v) is 3.48. The highest BCUT2D eigenvalue weighted by Crippen LogP contribution is 2.29. The van der Waals surface area contributed by atoms with Gasteiger partial charge in [0, 0.05) is 7.05 Å². The van der Waals surface area contributed by atoms with Crippen LogP contribution in [0.4, 0.5) is 0 Å². The van der Waals surface area contributed by atoms with Gasteiger partial charge in [0.15, 0.2) is 0 Å². The maximum atomic E-state index is 5.52. The van der Waals surface area contributed by atoms with E-state index in [2.05, 4.69) is 39.3 Å². The Bertz CT molecular complexity index is 504. The molecule has 17 heavy (non-hydrogen) atoms. The Balaban J connectivity index is 2.42.